The van der Waals surface area contributed by atoms with Crippen LogP contribution in [0.5, 0.6) is 0 Å². The lowest BCUT2D eigenvalue weighted by Gasteiger charge is -2.06. The summed E-state index contributed by atoms with van der Waals surface area (Å²) in [5, 5.41) is -0.0968. The highest BCUT2D eigenvalue weighted by atomic mass is 32.2. The third-order valence-corrected chi connectivity index (χ3v) is 5.66. The zero-order valence-corrected chi connectivity index (χ0v) is 13.9. The summed E-state index contributed by atoms with van der Waals surface area (Å²) in [6.07, 6.45) is 4.02. The molecule has 0 saturated carbocycles. The number of thioether (sulfide) groups is 1. The van der Waals surface area contributed by atoms with Crippen LogP contribution >= 0.6 is 30.7 Å². The second-order valence-electron chi connectivity index (χ2n) is 4.73. The smallest absolute Gasteiger partial charge is 0.360 e. The minimum Gasteiger partial charge on any atom is -0.462 e. The molecule has 0 aliphatic heterocycles. The second-order valence-corrected chi connectivity index (χ2v) is 8.44. The van der Waals surface area contributed by atoms with E-state index in [2.05, 4.69) is 18.8 Å². The molecule has 0 spiro atoms. The first kappa shape index (κ1) is 15.8. The van der Waals surface area contributed by atoms with E-state index in [1.165, 1.54) is 24.1 Å². The van der Waals surface area contributed by atoms with Crippen LogP contribution in [-0.4, -0.2) is 21.0 Å². The zero-order chi connectivity index (χ0) is 14.9. The number of furan rings is 1. The summed E-state index contributed by atoms with van der Waals surface area (Å²) in [5.41, 5.74) is 0.552. The van der Waals surface area contributed by atoms with E-state index >= 15 is 0 Å². The van der Waals surface area contributed by atoms with Crippen molar-refractivity contribution < 1.29 is 18.8 Å². The van der Waals surface area contributed by atoms with Gasteiger partial charge in [-0.1, -0.05) is 25.6 Å². The zero-order valence-electron chi connectivity index (χ0n) is 11.4. The molecule has 0 aromatic carbocycles. The fraction of sp³-hybridized carbons (Fsp3) is 0.417. The third kappa shape index (κ3) is 3.35. The normalized spacial score (nSPS) is 12.3. The Morgan fingerprint density at radius 1 is 1.50 bits per heavy atom. The van der Waals surface area contributed by atoms with Crippen LogP contribution in [0, 0.1) is 5.92 Å². The van der Waals surface area contributed by atoms with Crippen molar-refractivity contribution in [1.29, 1.82) is 0 Å². The van der Waals surface area contributed by atoms with E-state index < -0.39 is 7.60 Å². The first-order chi connectivity index (χ1) is 9.32. The molecule has 5 nitrogen and oxygen atoms in total. The Morgan fingerprint density at radius 2 is 2.20 bits per heavy atom. The molecule has 0 saturated heterocycles. The predicted octanol–water partition coefficient (Wildman–Crippen LogP) is 3.13. The molecule has 0 radical (unpaired) electrons. The van der Waals surface area contributed by atoms with Crippen LogP contribution in [0.15, 0.2) is 21.1 Å². The number of aromatic nitrogens is 1. The van der Waals surface area contributed by atoms with Gasteiger partial charge in [0.25, 0.3) is 0 Å². The van der Waals surface area contributed by atoms with Crippen molar-refractivity contribution in [3.8, 4) is 11.5 Å². The highest BCUT2D eigenvalue weighted by Gasteiger charge is 2.28. The first-order valence-electron chi connectivity index (χ1n) is 6.00. The summed E-state index contributed by atoms with van der Waals surface area (Å²) < 4.78 is 17.7. The fourth-order valence-corrected chi connectivity index (χ4v) is 4.31. The lowest BCUT2D eigenvalue weighted by Crippen LogP contribution is -2.05. The molecule has 20 heavy (non-hydrogen) atoms. The van der Waals surface area contributed by atoms with E-state index in [-0.39, 0.29) is 11.1 Å². The van der Waals surface area contributed by atoms with E-state index in [0.29, 0.717) is 11.6 Å². The quantitative estimate of drug-likeness (QED) is 0.646. The summed E-state index contributed by atoms with van der Waals surface area (Å²) in [4.78, 5) is 24.2. The Labute approximate surface area is 125 Å². The van der Waals surface area contributed by atoms with E-state index in [1.807, 2.05) is 6.26 Å². The molecule has 0 unspecified atom stereocenters. The van der Waals surface area contributed by atoms with Crippen LogP contribution in [0.25, 0.3) is 11.5 Å². The minimum atomic E-state index is -4.36. The second kappa shape index (κ2) is 6.03. The molecule has 0 atom stereocenters. The Kier molecular flexibility index (Phi) is 4.76. The fourth-order valence-electron chi connectivity index (χ4n) is 1.81. The lowest BCUT2D eigenvalue weighted by atomic mass is 10.1. The van der Waals surface area contributed by atoms with Gasteiger partial charge in [0.05, 0.1) is 6.26 Å². The lowest BCUT2D eigenvalue weighted by molar-refractivity contribution is 0.387. The van der Waals surface area contributed by atoms with Crippen molar-refractivity contribution >= 4 is 36.0 Å². The Morgan fingerprint density at radius 3 is 2.75 bits per heavy atom. The van der Waals surface area contributed by atoms with Gasteiger partial charge in [-0.3, -0.25) is 4.57 Å². The van der Waals surface area contributed by atoms with Crippen molar-refractivity contribution in [2.24, 2.45) is 5.92 Å². The van der Waals surface area contributed by atoms with Crippen LogP contribution < -0.4 is 5.30 Å². The Bertz CT molecular complexity index is 644. The van der Waals surface area contributed by atoms with Crippen molar-refractivity contribution in [3.63, 3.8) is 0 Å². The van der Waals surface area contributed by atoms with Gasteiger partial charge in [-0.15, -0.1) is 11.3 Å². The number of hydrogen-bond acceptors (Lipinski definition) is 5. The maximum Gasteiger partial charge on any atom is 0.360 e. The standard InChI is InChI=1S/C12H16NO4PS2/c1-7(2)6-9-10(13-12(19-3)20-9)11-8(4-5-17-11)18(14,15)16/h4-5,7H,6H2,1-3H3,(H2,14,15,16). The van der Waals surface area contributed by atoms with Crippen LogP contribution in [0.3, 0.4) is 0 Å². The van der Waals surface area contributed by atoms with Gasteiger partial charge in [-0.2, -0.15) is 0 Å². The highest BCUT2D eigenvalue weighted by molar-refractivity contribution is 8.00. The first-order valence-corrected chi connectivity index (χ1v) is 9.66. The molecule has 2 rings (SSSR count). The molecule has 0 bridgehead atoms. The molecule has 2 heterocycles. The number of thiazole rings is 1. The van der Waals surface area contributed by atoms with Gasteiger partial charge in [0.15, 0.2) is 10.1 Å². The average molecular weight is 333 g/mol. The van der Waals surface area contributed by atoms with Gasteiger partial charge in [0.1, 0.15) is 11.0 Å². The van der Waals surface area contributed by atoms with Crippen LogP contribution in [0.4, 0.5) is 0 Å². The van der Waals surface area contributed by atoms with Crippen LogP contribution in [0.2, 0.25) is 0 Å². The van der Waals surface area contributed by atoms with Crippen molar-refractivity contribution in [1.82, 2.24) is 4.98 Å². The van der Waals surface area contributed by atoms with Crippen LogP contribution in [-0.2, 0) is 11.0 Å². The summed E-state index contributed by atoms with van der Waals surface area (Å²) in [6, 6.07) is 1.31. The molecule has 2 aromatic heterocycles. The molecule has 0 amide bonds. The van der Waals surface area contributed by atoms with Crippen LogP contribution in [0.1, 0.15) is 18.7 Å². The highest BCUT2D eigenvalue weighted by Crippen LogP contribution is 2.41. The topological polar surface area (TPSA) is 83.6 Å². The Balaban J connectivity index is 2.55. The molecule has 0 fully saturated rings. The summed E-state index contributed by atoms with van der Waals surface area (Å²) in [7, 11) is -4.36. The van der Waals surface area contributed by atoms with Crippen molar-refractivity contribution in [2.75, 3.05) is 6.26 Å². The van der Waals surface area contributed by atoms with E-state index in [0.717, 1.165) is 15.6 Å². The summed E-state index contributed by atoms with van der Waals surface area (Å²) >= 11 is 3.06. The minimum absolute atomic E-state index is 0.0968. The van der Waals surface area contributed by atoms with Gasteiger partial charge in [0.2, 0.25) is 0 Å². The maximum absolute atomic E-state index is 11.5. The molecule has 2 aromatic rings. The van der Waals surface area contributed by atoms with E-state index in [1.54, 1.807) is 11.3 Å². The summed E-state index contributed by atoms with van der Waals surface area (Å²) in [6.45, 7) is 4.18. The molecule has 0 aliphatic carbocycles. The average Bonchev–Trinajstić information content (AvgIpc) is 2.92. The van der Waals surface area contributed by atoms with Crippen molar-refractivity contribution in [2.45, 2.75) is 24.6 Å². The van der Waals surface area contributed by atoms with Gasteiger partial charge in [-0.25, -0.2) is 4.98 Å². The molecule has 2 N–H and O–H groups in total. The van der Waals surface area contributed by atoms with Gasteiger partial charge < -0.3 is 14.2 Å². The molecular weight excluding hydrogens is 317 g/mol. The monoisotopic (exact) mass is 333 g/mol. The number of rotatable bonds is 5. The maximum atomic E-state index is 11.5. The predicted molar refractivity (Wildman–Crippen MR) is 81.8 cm³/mol. The molecule has 0 aliphatic rings. The Hall–Kier alpha value is -0.590. The van der Waals surface area contributed by atoms with E-state index in [9.17, 15) is 14.4 Å². The van der Waals surface area contributed by atoms with Crippen molar-refractivity contribution in [3.05, 3.63) is 17.2 Å². The molecule has 8 heteroatoms. The largest absolute Gasteiger partial charge is 0.462 e. The third-order valence-electron chi connectivity index (χ3n) is 2.62. The molecule has 110 valence electrons. The number of hydrogen-bond donors (Lipinski definition) is 2. The SMILES string of the molecule is CSc1nc(-c2occc2P(=O)(O)O)c(CC(C)C)s1. The number of nitrogens with zero attached hydrogens (tertiary/aromatic N) is 1. The summed E-state index contributed by atoms with van der Waals surface area (Å²) in [5.74, 6) is 0.614. The van der Waals surface area contributed by atoms with Gasteiger partial charge >= 0.3 is 7.60 Å². The van der Waals surface area contributed by atoms with E-state index in [4.69, 9.17) is 4.42 Å². The molecular formula is C12H16NO4PS2. The van der Waals surface area contributed by atoms with Gasteiger partial charge in [0, 0.05) is 4.88 Å². The van der Waals surface area contributed by atoms with Gasteiger partial charge in [-0.05, 0) is 24.7 Å².